The molecule has 1 fully saturated rings. The van der Waals surface area contributed by atoms with E-state index in [0.717, 1.165) is 33.8 Å². The van der Waals surface area contributed by atoms with Gasteiger partial charge in [-0.15, -0.1) is 0 Å². The second kappa shape index (κ2) is 7.29. The number of benzene rings is 1. The van der Waals surface area contributed by atoms with Crippen molar-refractivity contribution in [3.8, 4) is 0 Å². The van der Waals surface area contributed by atoms with E-state index in [1.807, 2.05) is 6.07 Å². The average molecular weight is 359 g/mol. The van der Waals surface area contributed by atoms with Crippen LogP contribution in [0.4, 0.5) is 0 Å². The summed E-state index contributed by atoms with van der Waals surface area (Å²) < 4.78 is 0.982. The molecule has 1 nitrogen and oxygen atoms in total. The van der Waals surface area contributed by atoms with Crippen molar-refractivity contribution in [2.45, 2.75) is 52.6 Å². The van der Waals surface area contributed by atoms with E-state index in [4.69, 9.17) is 11.6 Å². The van der Waals surface area contributed by atoms with Crippen LogP contribution >= 0.6 is 27.5 Å². The van der Waals surface area contributed by atoms with Crippen molar-refractivity contribution in [2.24, 2.45) is 17.8 Å². The Hall–Kier alpha value is -0.0500. The minimum absolute atomic E-state index is 0.646. The van der Waals surface area contributed by atoms with Crippen molar-refractivity contribution in [3.63, 3.8) is 0 Å². The van der Waals surface area contributed by atoms with Crippen molar-refractivity contribution in [1.82, 2.24) is 5.32 Å². The second-order valence-corrected chi connectivity index (χ2v) is 7.82. The molecule has 1 N–H and O–H groups in total. The Morgan fingerprint density at radius 2 is 2.10 bits per heavy atom. The van der Waals surface area contributed by atoms with E-state index in [1.165, 1.54) is 24.8 Å². The lowest BCUT2D eigenvalue weighted by molar-refractivity contribution is 0.169. The zero-order chi connectivity index (χ0) is 14.7. The number of rotatable bonds is 4. The van der Waals surface area contributed by atoms with Gasteiger partial charge in [-0.1, -0.05) is 44.9 Å². The first kappa shape index (κ1) is 16.3. The summed E-state index contributed by atoms with van der Waals surface area (Å²) >= 11 is 9.54. The van der Waals surface area contributed by atoms with Crippen LogP contribution in [0.15, 0.2) is 22.7 Å². The van der Waals surface area contributed by atoms with Gasteiger partial charge in [0, 0.05) is 17.1 Å². The smallest absolute Gasteiger partial charge is 0.0548 e. The molecular formula is C17H25BrClN. The molecule has 3 heteroatoms. The molecule has 0 bridgehead atoms. The van der Waals surface area contributed by atoms with Gasteiger partial charge in [0.15, 0.2) is 0 Å². The summed E-state index contributed by atoms with van der Waals surface area (Å²) in [6.45, 7) is 8.02. The SMILES string of the molecule is CC1CCC(C(C)C)C(NCc2ccc(Cl)c(Br)c2)C1. The van der Waals surface area contributed by atoms with Crippen LogP contribution in [0.5, 0.6) is 0 Å². The van der Waals surface area contributed by atoms with Crippen LogP contribution in [0.1, 0.15) is 45.6 Å². The normalized spacial score (nSPS) is 27.0. The van der Waals surface area contributed by atoms with E-state index in [0.29, 0.717) is 6.04 Å². The summed E-state index contributed by atoms with van der Waals surface area (Å²) in [5.74, 6) is 2.42. The third-order valence-electron chi connectivity index (χ3n) is 4.57. The molecule has 1 aliphatic rings. The van der Waals surface area contributed by atoms with Gasteiger partial charge in [-0.2, -0.15) is 0 Å². The van der Waals surface area contributed by atoms with E-state index >= 15 is 0 Å². The molecule has 2 rings (SSSR count). The second-order valence-electron chi connectivity index (χ2n) is 6.56. The van der Waals surface area contributed by atoms with Gasteiger partial charge in [-0.05, 0) is 64.2 Å². The number of nitrogens with one attached hydrogen (secondary N) is 1. The minimum atomic E-state index is 0.646. The molecule has 1 aromatic rings. The van der Waals surface area contributed by atoms with E-state index in [-0.39, 0.29) is 0 Å². The zero-order valence-corrected chi connectivity index (χ0v) is 15.0. The summed E-state index contributed by atoms with van der Waals surface area (Å²) in [7, 11) is 0. The van der Waals surface area contributed by atoms with Gasteiger partial charge in [0.25, 0.3) is 0 Å². The lowest BCUT2D eigenvalue weighted by Crippen LogP contribution is -2.42. The Morgan fingerprint density at radius 3 is 2.75 bits per heavy atom. The molecule has 1 aliphatic carbocycles. The fraction of sp³-hybridized carbons (Fsp3) is 0.647. The molecule has 1 aromatic carbocycles. The van der Waals surface area contributed by atoms with Crippen LogP contribution in [0, 0.1) is 17.8 Å². The molecular weight excluding hydrogens is 334 g/mol. The topological polar surface area (TPSA) is 12.0 Å². The molecule has 0 heterocycles. The standard InChI is InChI=1S/C17H25BrClN/c1-11(2)14-6-4-12(3)8-17(14)20-10-13-5-7-16(19)15(18)9-13/h5,7,9,11-12,14,17,20H,4,6,8,10H2,1-3H3. The van der Waals surface area contributed by atoms with Crippen LogP contribution in [0.3, 0.4) is 0 Å². The Bertz CT molecular complexity index is 447. The van der Waals surface area contributed by atoms with Crippen molar-refractivity contribution in [2.75, 3.05) is 0 Å². The van der Waals surface area contributed by atoms with Crippen LogP contribution in [0.25, 0.3) is 0 Å². The lowest BCUT2D eigenvalue weighted by Gasteiger charge is -2.38. The van der Waals surface area contributed by atoms with Gasteiger partial charge < -0.3 is 5.32 Å². The fourth-order valence-corrected chi connectivity index (χ4v) is 3.88. The Labute approximate surface area is 136 Å². The Kier molecular flexibility index (Phi) is 5.95. The van der Waals surface area contributed by atoms with Crippen molar-refractivity contribution in [3.05, 3.63) is 33.3 Å². The van der Waals surface area contributed by atoms with Crippen LogP contribution in [0.2, 0.25) is 5.02 Å². The largest absolute Gasteiger partial charge is 0.310 e. The number of halogens is 2. The summed E-state index contributed by atoms with van der Waals surface area (Å²) in [5, 5.41) is 4.56. The average Bonchev–Trinajstić information content (AvgIpc) is 2.40. The maximum Gasteiger partial charge on any atom is 0.0548 e. The van der Waals surface area contributed by atoms with Gasteiger partial charge in [0.05, 0.1) is 5.02 Å². The molecule has 3 unspecified atom stereocenters. The van der Waals surface area contributed by atoms with E-state index in [1.54, 1.807) is 0 Å². The van der Waals surface area contributed by atoms with Gasteiger partial charge in [0.1, 0.15) is 0 Å². The molecule has 0 radical (unpaired) electrons. The zero-order valence-electron chi connectivity index (χ0n) is 12.6. The highest BCUT2D eigenvalue weighted by molar-refractivity contribution is 9.10. The Balaban J connectivity index is 1.98. The molecule has 1 saturated carbocycles. The molecule has 0 spiro atoms. The predicted octanol–water partition coefficient (Wildman–Crippen LogP) is 5.65. The first-order chi connectivity index (χ1) is 9.47. The fourth-order valence-electron chi connectivity index (χ4n) is 3.34. The molecule has 0 saturated heterocycles. The van der Waals surface area contributed by atoms with E-state index < -0.39 is 0 Å². The number of hydrogen-bond donors (Lipinski definition) is 1. The third-order valence-corrected chi connectivity index (χ3v) is 5.79. The molecule has 0 amide bonds. The van der Waals surface area contributed by atoms with Gasteiger partial charge in [0.2, 0.25) is 0 Å². The Morgan fingerprint density at radius 1 is 1.35 bits per heavy atom. The predicted molar refractivity (Wildman–Crippen MR) is 91.1 cm³/mol. The van der Waals surface area contributed by atoms with Crippen molar-refractivity contribution >= 4 is 27.5 Å². The highest BCUT2D eigenvalue weighted by atomic mass is 79.9. The number of hydrogen-bond acceptors (Lipinski definition) is 1. The van der Waals surface area contributed by atoms with Gasteiger partial charge in [-0.25, -0.2) is 0 Å². The third kappa shape index (κ3) is 4.22. The first-order valence-corrected chi connectivity index (χ1v) is 8.81. The van der Waals surface area contributed by atoms with Crippen LogP contribution < -0.4 is 5.32 Å². The minimum Gasteiger partial charge on any atom is -0.310 e. The summed E-state index contributed by atoms with van der Waals surface area (Å²) in [4.78, 5) is 0. The molecule has 112 valence electrons. The van der Waals surface area contributed by atoms with Crippen LogP contribution in [-0.2, 0) is 6.54 Å². The maximum absolute atomic E-state index is 6.05. The molecule has 20 heavy (non-hydrogen) atoms. The molecule has 3 atom stereocenters. The van der Waals surface area contributed by atoms with Crippen LogP contribution in [-0.4, -0.2) is 6.04 Å². The van der Waals surface area contributed by atoms with Gasteiger partial charge in [-0.3, -0.25) is 0 Å². The highest BCUT2D eigenvalue weighted by Gasteiger charge is 2.30. The quantitative estimate of drug-likeness (QED) is 0.733. The lowest BCUT2D eigenvalue weighted by atomic mass is 9.74. The van der Waals surface area contributed by atoms with E-state index in [2.05, 4.69) is 54.2 Å². The van der Waals surface area contributed by atoms with Crippen molar-refractivity contribution < 1.29 is 0 Å². The molecule has 0 aliphatic heterocycles. The molecule has 0 aromatic heterocycles. The summed E-state index contributed by atoms with van der Waals surface area (Å²) in [5.41, 5.74) is 1.29. The monoisotopic (exact) mass is 357 g/mol. The summed E-state index contributed by atoms with van der Waals surface area (Å²) in [6, 6.07) is 6.84. The van der Waals surface area contributed by atoms with Crippen molar-refractivity contribution in [1.29, 1.82) is 0 Å². The highest BCUT2D eigenvalue weighted by Crippen LogP contribution is 2.33. The summed E-state index contributed by atoms with van der Waals surface area (Å²) in [6.07, 6.45) is 4.05. The van der Waals surface area contributed by atoms with E-state index in [9.17, 15) is 0 Å². The van der Waals surface area contributed by atoms with Gasteiger partial charge >= 0.3 is 0 Å². The maximum atomic E-state index is 6.05. The first-order valence-electron chi connectivity index (χ1n) is 7.64.